The first kappa shape index (κ1) is 21.8. The van der Waals surface area contributed by atoms with Gasteiger partial charge in [0.25, 0.3) is 0 Å². The molecule has 1 aliphatic heterocycles. The number of hydrogen-bond acceptors (Lipinski definition) is 3. The topological polar surface area (TPSA) is 36.1 Å². The van der Waals surface area contributed by atoms with Gasteiger partial charge in [-0.25, -0.2) is 0 Å². The third-order valence-electron chi connectivity index (χ3n) is 5.73. The van der Waals surface area contributed by atoms with E-state index in [0.29, 0.717) is 0 Å². The summed E-state index contributed by atoms with van der Waals surface area (Å²) in [5, 5.41) is 10.9. The predicted molar refractivity (Wildman–Crippen MR) is 131 cm³/mol. The van der Waals surface area contributed by atoms with Gasteiger partial charge in [0.15, 0.2) is 0 Å². The zero-order chi connectivity index (χ0) is 22.0. The number of allylic oxidation sites excluding steroid dienone is 4. The average molecular weight is 402 g/mol. The molecule has 0 radical (unpaired) electrons. The van der Waals surface area contributed by atoms with Crippen molar-refractivity contribution in [3.63, 3.8) is 0 Å². The van der Waals surface area contributed by atoms with E-state index in [2.05, 4.69) is 108 Å². The van der Waals surface area contributed by atoms with E-state index in [0.717, 1.165) is 23.5 Å². The summed E-state index contributed by atoms with van der Waals surface area (Å²) >= 11 is 0. The molecule has 1 heterocycles. The Morgan fingerprint density at radius 3 is 1.60 bits per heavy atom. The minimum absolute atomic E-state index is 0.891. The quantitative estimate of drug-likeness (QED) is 0.512. The molecule has 0 amide bonds. The Kier molecular flexibility index (Phi) is 6.40. The molecule has 0 atom stereocenters. The molecule has 0 aliphatic carbocycles. The van der Waals surface area contributed by atoms with Crippen LogP contribution in [0.4, 0.5) is 11.4 Å². The van der Waals surface area contributed by atoms with Crippen molar-refractivity contribution >= 4 is 11.4 Å². The van der Waals surface area contributed by atoms with E-state index in [9.17, 15) is 0 Å². The van der Waals surface area contributed by atoms with Gasteiger partial charge in [-0.05, 0) is 83.7 Å². The Hall–Kier alpha value is -2.94. The van der Waals surface area contributed by atoms with Crippen LogP contribution in [-0.2, 0) is 0 Å². The van der Waals surface area contributed by atoms with Gasteiger partial charge in [0, 0.05) is 34.9 Å². The van der Waals surface area contributed by atoms with Crippen molar-refractivity contribution in [1.29, 1.82) is 0 Å². The number of benzene rings is 2. The van der Waals surface area contributed by atoms with Gasteiger partial charge >= 0.3 is 0 Å². The first-order valence-electron chi connectivity index (χ1n) is 10.7. The molecule has 158 valence electrons. The third kappa shape index (κ3) is 4.79. The molecule has 3 N–H and O–H groups in total. The largest absolute Gasteiger partial charge is 0.357 e. The molecule has 0 aromatic heterocycles. The standard InChI is InChI=1S/C27H35N3/c1-16-12-18(3)26(19(4)13-16)28-22(7)24-10-9-11-25(30-24)23(8)29-27-20(5)14-17(2)15-21(27)6/h9-10,12-15,28-30H,11H2,1-8H3/b24-22-,25-23?. The highest BCUT2D eigenvalue weighted by molar-refractivity contribution is 5.63. The van der Waals surface area contributed by atoms with Gasteiger partial charge in [-0.15, -0.1) is 0 Å². The molecule has 0 unspecified atom stereocenters. The van der Waals surface area contributed by atoms with Gasteiger partial charge in [0.05, 0.1) is 5.70 Å². The molecule has 3 nitrogen and oxygen atoms in total. The minimum Gasteiger partial charge on any atom is -0.357 e. The minimum atomic E-state index is 0.891. The van der Waals surface area contributed by atoms with Gasteiger partial charge in [-0.3, -0.25) is 0 Å². The van der Waals surface area contributed by atoms with Gasteiger partial charge in [0.1, 0.15) is 0 Å². The van der Waals surface area contributed by atoms with E-state index in [-0.39, 0.29) is 0 Å². The molecular formula is C27H35N3. The summed E-state index contributed by atoms with van der Waals surface area (Å²) in [6, 6.07) is 8.91. The lowest BCUT2D eigenvalue weighted by atomic mass is 10.0. The van der Waals surface area contributed by atoms with Crippen LogP contribution in [0.5, 0.6) is 0 Å². The summed E-state index contributed by atoms with van der Waals surface area (Å²) in [6.07, 6.45) is 5.28. The van der Waals surface area contributed by atoms with Crippen LogP contribution in [0.25, 0.3) is 0 Å². The maximum absolute atomic E-state index is 3.65. The monoisotopic (exact) mass is 401 g/mol. The van der Waals surface area contributed by atoms with Crippen LogP contribution < -0.4 is 16.0 Å². The number of aryl methyl sites for hydroxylation is 6. The van der Waals surface area contributed by atoms with E-state index in [4.69, 9.17) is 0 Å². The van der Waals surface area contributed by atoms with Gasteiger partial charge in [-0.1, -0.05) is 41.5 Å². The highest BCUT2D eigenvalue weighted by Crippen LogP contribution is 2.27. The van der Waals surface area contributed by atoms with Gasteiger partial charge in [0.2, 0.25) is 0 Å². The molecule has 2 aromatic rings. The van der Waals surface area contributed by atoms with Crippen molar-refractivity contribution in [2.45, 2.75) is 61.8 Å². The molecule has 3 heteroatoms. The summed E-state index contributed by atoms with van der Waals surface area (Å²) in [5.41, 5.74) is 14.7. The van der Waals surface area contributed by atoms with E-state index in [1.54, 1.807) is 0 Å². The molecule has 2 aromatic carbocycles. The molecule has 0 spiro atoms. The van der Waals surface area contributed by atoms with Crippen LogP contribution in [0, 0.1) is 41.5 Å². The molecule has 3 rings (SSSR count). The second-order valence-corrected chi connectivity index (χ2v) is 8.67. The molecule has 30 heavy (non-hydrogen) atoms. The smallest absolute Gasteiger partial charge is 0.0572 e. The zero-order valence-corrected chi connectivity index (χ0v) is 19.7. The highest BCUT2D eigenvalue weighted by Gasteiger charge is 2.13. The van der Waals surface area contributed by atoms with Crippen molar-refractivity contribution in [2.24, 2.45) is 0 Å². The van der Waals surface area contributed by atoms with Crippen molar-refractivity contribution < 1.29 is 0 Å². The average Bonchev–Trinajstić information content (AvgIpc) is 2.67. The molecule has 0 saturated heterocycles. The predicted octanol–water partition coefficient (Wildman–Crippen LogP) is 7.07. The Morgan fingerprint density at radius 2 is 1.13 bits per heavy atom. The van der Waals surface area contributed by atoms with Crippen molar-refractivity contribution in [1.82, 2.24) is 5.32 Å². The second kappa shape index (κ2) is 8.83. The molecule has 0 saturated carbocycles. The van der Waals surface area contributed by atoms with Gasteiger partial charge in [-0.2, -0.15) is 0 Å². The Bertz CT molecular complexity index is 1020. The molecule has 1 aliphatic rings. The fourth-order valence-corrected chi connectivity index (χ4v) is 4.29. The number of hydrogen-bond donors (Lipinski definition) is 3. The Balaban J connectivity index is 1.85. The van der Waals surface area contributed by atoms with Crippen LogP contribution in [0.1, 0.15) is 53.6 Å². The van der Waals surface area contributed by atoms with Crippen LogP contribution >= 0.6 is 0 Å². The van der Waals surface area contributed by atoms with Crippen LogP contribution in [-0.4, -0.2) is 0 Å². The fraction of sp³-hybridized carbons (Fsp3) is 0.333. The number of anilines is 2. The maximum atomic E-state index is 3.65. The lowest BCUT2D eigenvalue weighted by Crippen LogP contribution is -2.21. The number of rotatable bonds is 4. The summed E-state index contributed by atoms with van der Waals surface area (Å²) < 4.78 is 0. The molecule has 0 fully saturated rings. The Labute approximate surface area is 182 Å². The van der Waals surface area contributed by atoms with Crippen molar-refractivity contribution in [2.75, 3.05) is 10.6 Å². The third-order valence-corrected chi connectivity index (χ3v) is 5.73. The molecular weight excluding hydrogens is 366 g/mol. The van der Waals surface area contributed by atoms with Gasteiger partial charge < -0.3 is 16.0 Å². The number of nitrogens with one attached hydrogen (secondary N) is 3. The summed E-state index contributed by atoms with van der Waals surface area (Å²) in [4.78, 5) is 0. The summed E-state index contributed by atoms with van der Waals surface area (Å²) in [6.45, 7) is 17.2. The zero-order valence-electron chi connectivity index (χ0n) is 19.7. The summed E-state index contributed by atoms with van der Waals surface area (Å²) in [5.74, 6) is 0. The Morgan fingerprint density at radius 1 is 0.700 bits per heavy atom. The van der Waals surface area contributed by atoms with E-state index >= 15 is 0 Å². The lowest BCUT2D eigenvalue weighted by Gasteiger charge is -2.23. The van der Waals surface area contributed by atoms with E-state index in [1.807, 2.05) is 0 Å². The second-order valence-electron chi connectivity index (χ2n) is 8.67. The molecule has 0 bridgehead atoms. The van der Waals surface area contributed by atoms with Crippen LogP contribution in [0.15, 0.2) is 59.2 Å². The van der Waals surface area contributed by atoms with Crippen molar-refractivity contribution in [3.8, 4) is 0 Å². The first-order valence-corrected chi connectivity index (χ1v) is 10.7. The maximum Gasteiger partial charge on any atom is 0.0572 e. The fourth-order valence-electron chi connectivity index (χ4n) is 4.29. The lowest BCUT2D eigenvalue weighted by molar-refractivity contribution is 0.881. The normalized spacial score (nSPS) is 16.8. The van der Waals surface area contributed by atoms with E-state index < -0.39 is 0 Å². The SMILES string of the molecule is CC(Nc1c(C)cc(C)cc1C)=C1CC=C/C(=C(\C)Nc2c(C)cc(C)cc2C)N1. The first-order chi connectivity index (χ1) is 14.2. The van der Waals surface area contributed by atoms with E-state index in [1.165, 1.54) is 50.5 Å². The van der Waals surface area contributed by atoms with Crippen LogP contribution in [0.2, 0.25) is 0 Å². The highest BCUT2D eigenvalue weighted by atomic mass is 15.0. The van der Waals surface area contributed by atoms with Crippen molar-refractivity contribution in [3.05, 3.63) is 92.6 Å². The van der Waals surface area contributed by atoms with Crippen LogP contribution in [0.3, 0.4) is 0 Å². The summed E-state index contributed by atoms with van der Waals surface area (Å²) in [7, 11) is 0.